The second kappa shape index (κ2) is 14.5. The van der Waals surface area contributed by atoms with Crippen molar-refractivity contribution in [3.63, 3.8) is 0 Å². The van der Waals surface area contributed by atoms with Crippen molar-refractivity contribution in [1.82, 2.24) is 14.7 Å². The van der Waals surface area contributed by atoms with E-state index < -0.39 is 16.3 Å². The van der Waals surface area contributed by atoms with E-state index in [0.717, 1.165) is 33.4 Å². The van der Waals surface area contributed by atoms with Gasteiger partial charge in [0, 0.05) is 36.7 Å². The minimum absolute atomic E-state index is 0.0131. The average Bonchev–Trinajstić information content (AvgIpc) is 3.11. The summed E-state index contributed by atoms with van der Waals surface area (Å²) in [6, 6.07) is 33.8. The first-order chi connectivity index (χ1) is 22.0. The van der Waals surface area contributed by atoms with E-state index in [2.05, 4.69) is 20.8 Å². The van der Waals surface area contributed by atoms with Gasteiger partial charge in [-0.2, -0.15) is 0 Å². The lowest BCUT2D eigenvalue weighted by molar-refractivity contribution is -0.245. The smallest absolute Gasteiger partial charge is 0.240 e. The van der Waals surface area contributed by atoms with Gasteiger partial charge in [-0.05, 0) is 58.1 Å². The van der Waals surface area contributed by atoms with E-state index in [9.17, 15) is 13.5 Å². The molecule has 0 amide bonds. The fourth-order valence-electron chi connectivity index (χ4n) is 5.14. The Labute approximate surface area is 267 Å². The Kier molecular flexibility index (Phi) is 10.00. The molecule has 230 valence electrons. The van der Waals surface area contributed by atoms with E-state index in [4.69, 9.17) is 9.47 Å². The first kappa shape index (κ1) is 31.1. The van der Waals surface area contributed by atoms with Crippen LogP contribution in [0.5, 0.6) is 0 Å². The molecule has 4 aromatic carbocycles. The molecule has 5 aromatic rings. The van der Waals surface area contributed by atoms with E-state index in [1.54, 1.807) is 60.6 Å². The minimum atomic E-state index is -3.62. The number of hydrogen-bond donors (Lipinski definition) is 2. The van der Waals surface area contributed by atoms with Crippen molar-refractivity contribution < 1.29 is 23.0 Å². The molecule has 0 spiro atoms. The number of rotatable bonds is 11. The summed E-state index contributed by atoms with van der Waals surface area (Å²) < 4.78 is 41.2. The lowest BCUT2D eigenvalue weighted by Gasteiger charge is -2.36. The van der Waals surface area contributed by atoms with Gasteiger partial charge in [0.05, 0.1) is 23.7 Å². The number of benzene rings is 4. The molecule has 0 saturated carbocycles. The molecule has 2 N–H and O–H groups in total. The number of thioether (sulfide) groups is 1. The molecule has 3 atom stereocenters. The highest BCUT2D eigenvalue weighted by Gasteiger charge is 2.32. The summed E-state index contributed by atoms with van der Waals surface area (Å²) in [5.74, 6) is 0.662. The van der Waals surface area contributed by atoms with Crippen LogP contribution in [-0.2, 0) is 32.6 Å². The van der Waals surface area contributed by atoms with Crippen molar-refractivity contribution in [3.8, 4) is 11.1 Å². The first-order valence-electron chi connectivity index (χ1n) is 14.6. The molecule has 8 nitrogen and oxygen atoms in total. The number of aromatic nitrogens is 2. The number of aliphatic hydroxyl groups excluding tert-OH is 1. The molecule has 6 rings (SSSR count). The zero-order valence-electron chi connectivity index (χ0n) is 24.4. The van der Waals surface area contributed by atoms with Crippen LogP contribution in [-0.4, -0.2) is 35.3 Å². The summed E-state index contributed by atoms with van der Waals surface area (Å²) >= 11 is 1.55. The van der Waals surface area contributed by atoms with Gasteiger partial charge in [0.25, 0.3) is 0 Å². The number of nitrogens with one attached hydrogen (secondary N) is 1. The van der Waals surface area contributed by atoms with Crippen molar-refractivity contribution >= 4 is 21.8 Å². The number of ether oxygens (including phenoxy) is 2. The third-order valence-corrected chi connectivity index (χ3v) is 9.92. The lowest BCUT2D eigenvalue weighted by atomic mass is 9.99. The molecule has 1 aliphatic rings. The van der Waals surface area contributed by atoms with Gasteiger partial charge in [0.15, 0.2) is 11.4 Å². The normalized spacial score (nSPS) is 18.5. The van der Waals surface area contributed by atoms with E-state index in [1.165, 1.54) is 0 Å². The Morgan fingerprint density at radius 3 is 2.27 bits per heavy atom. The summed E-state index contributed by atoms with van der Waals surface area (Å²) in [6.07, 6.45) is 3.19. The molecule has 0 unspecified atom stereocenters. The van der Waals surface area contributed by atoms with E-state index in [1.807, 2.05) is 66.7 Å². The van der Waals surface area contributed by atoms with Crippen LogP contribution in [0.4, 0.5) is 0 Å². The maximum Gasteiger partial charge on any atom is 0.240 e. The highest BCUT2D eigenvalue weighted by molar-refractivity contribution is 7.99. The summed E-state index contributed by atoms with van der Waals surface area (Å²) in [5.41, 5.74) is 5.50. The lowest BCUT2D eigenvalue weighted by Crippen LogP contribution is -2.31. The number of hydrogen-bond acceptors (Lipinski definition) is 8. The molecule has 0 bridgehead atoms. The summed E-state index contributed by atoms with van der Waals surface area (Å²) in [5, 5.41) is 10.2. The predicted octanol–water partition coefficient (Wildman–Crippen LogP) is 6.45. The van der Waals surface area contributed by atoms with Gasteiger partial charge in [-0.3, -0.25) is 0 Å². The quantitative estimate of drug-likeness (QED) is 0.125. The van der Waals surface area contributed by atoms with Crippen LogP contribution in [0.3, 0.4) is 0 Å². The van der Waals surface area contributed by atoms with Crippen molar-refractivity contribution in [2.24, 2.45) is 0 Å². The first-order valence-corrected chi connectivity index (χ1v) is 17.1. The van der Waals surface area contributed by atoms with Crippen LogP contribution in [0, 0.1) is 0 Å². The average molecular weight is 640 g/mol. The van der Waals surface area contributed by atoms with Crippen LogP contribution in [0.1, 0.15) is 41.1 Å². The topological polar surface area (TPSA) is 111 Å². The largest absolute Gasteiger partial charge is 0.392 e. The summed E-state index contributed by atoms with van der Waals surface area (Å²) in [6.45, 7) is 0.154. The van der Waals surface area contributed by atoms with Crippen LogP contribution >= 0.6 is 11.8 Å². The Bertz CT molecular complexity index is 1810. The van der Waals surface area contributed by atoms with E-state index in [0.29, 0.717) is 17.3 Å². The monoisotopic (exact) mass is 639 g/mol. The minimum Gasteiger partial charge on any atom is -0.392 e. The molecule has 1 fully saturated rings. The molecule has 2 heterocycles. The Morgan fingerprint density at radius 2 is 1.51 bits per heavy atom. The van der Waals surface area contributed by atoms with Crippen LogP contribution in [0.25, 0.3) is 11.1 Å². The zero-order chi connectivity index (χ0) is 31.1. The molecule has 1 aliphatic heterocycles. The molecule has 0 aliphatic carbocycles. The third kappa shape index (κ3) is 8.04. The Balaban J connectivity index is 1.21. The molecule has 1 aromatic heterocycles. The maximum absolute atomic E-state index is 12.7. The van der Waals surface area contributed by atoms with Crippen molar-refractivity contribution in [3.05, 3.63) is 144 Å². The molecular formula is C35H33N3O5S2. The van der Waals surface area contributed by atoms with Gasteiger partial charge in [-0.15, -0.1) is 0 Å². The fraction of sp³-hybridized carbons (Fsp3) is 0.200. The van der Waals surface area contributed by atoms with Gasteiger partial charge in [-0.25, -0.2) is 23.1 Å². The molecule has 1 saturated heterocycles. The van der Waals surface area contributed by atoms with Crippen molar-refractivity contribution in [1.29, 1.82) is 0 Å². The number of aliphatic hydroxyl groups is 1. The second-order valence-electron chi connectivity index (χ2n) is 10.7. The van der Waals surface area contributed by atoms with Gasteiger partial charge < -0.3 is 14.6 Å². The van der Waals surface area contributed by atoms with Gasteiger partial charge in [0.2, 0.25) is 10.0 Å². The third-order valence-electron chi connectivity index (χ3n) is 7.49. The highest BCUT2D eigenvalue weighted by atomic mass is 32.2. The van der Waals surface area contributed by atoms with Crippen LogP contribution in [0.2, 0.25) is 0 Å². The molecule has 10 heteroatoms. The predicted molar refractivity (Wildman–Crippen MR) is 174 cm³/mol. The second-order valence-corrected chi connectivity index (χ2v) is 13.4. The molecule has 0 radical (unpaired) electrons. The van der Waals surface area contributed by atoms with Gasteiger partial charge >= 0.3 is 0 Å². The van der Waals surface area contributed by atoms with E-state index >= 15 is 0 Å². The van der Waals surface area contributed by atoms with Crippen LogP contribution < -0.4 is 4.72 Å². The standard InChI is InChI=1S/C35H33N3O5S2/c39-23-25-13-15-27(16-14-25)33-21-31(24-44-35-36-17-6-18-37-35)42-34(43-33)30-10-5-9-29(20-30)28-8-4-7-26(19-28)22-38-45(40,41)32-11-2-1-3-12-32/h1-20,31,33-34,38-39H,21-24H2/t31-,33+,34+/m1/s1. The van der Waals surface area contributed by atoms with Crippen LogP contribution in [0.15, 0.2) is 132 Å². The fourth-order valence-corrected chi connectivity index (χ4v) is 7.00. The molecule has 45 heavy (non-hydrogen) atoms. The zero-order valence-corrected chi connectivity index (χ0v) is 26.0. The molecular weight excluding hydrogens is 607 g/mol. The van der Waals surface area contributed by atoms with Gasteiger partial charge in [0.1, 0.15) is 0 Å². The highest BCUT2D eigenvalue weighted by Crippen LogP contribution is 2.40. The Morgan fingerprint density at radius 1 is 0.778 bits per heavy atom. The number of nitrogens with zero attached hydrogens (tertiary/aromatic N) is 2. The SMILES string of the molecule is O=S(=O)(NCc1cccc(-c2cccc([C@H]3O[C@@H](CSc4ncccn4)C[C@@H](c4ccc(CO)cc4)O3)c2)c1)c1ccccc1. The Hall–Kier alpha value is -3.90. The van der Waals surface area contributed by atoms with Crippen molar-refractivity contribution in [2.75, 3.05) is 5.75 Å². The number of sulfonamides is 1. The van der Waals surface area contributed by atoms with E-state index in [-0.39, 0.29) is 30.3 Å². The summed E-state index contributed by atoms with van der Waals surface area (Å²) in [7, 11) is -3.62. The maximum atomic E-state index is 12.7. The van der Waals surface area contributed by atoms with Crippen molar-refractivity contribution in [2.45, 2.75) is 48.1 Å². The van der Waals surface area contributed by atoms with Gasteiger partial charge in [-0.1, -0.05) is 90.6 Å². The summed E-state index contributed by atoms with van der Waals surface area (Å²) in [4.78, 5) is 8.90.